The average molecular weight is 241 g/mol. The number of benzene rings is 1. The number of hydrazine groups is 1. The number of nitrogens with zero attached hydrogens (tertiary/aromatic N) is 3. The monoisotopic (exact) mass is 240 g/mol. The van der Waals surface area contributed by atoms with Gasteiger partial charge in [-0.25, -0.2) is 5.84 Å². The summed E-state index contributed by atoms with van der Waals surface area (Å²) < 4.78 is 4.19. The van der Waals surface area contributed by atoms with Gasteiger partial charge < -0.3 is 0 Å². The highest BCUT2D eigenvalue weighted by Gasteiger charge is 2.10. The molecule has 0 unspecified atom stereocenters. The fraction of sp³-hybridized carbons (Fsp3) is 0.111. The van der Waals surface area contributed by atoms with Crippen LogP contribution in [0.3, 0.4) is 0 Å². The van der Waals surface area contributed by atoms with Crippen LogP contribution >= 0.6 is 23.1 Å². The van der Waals surface area contributed by atoms with Crippen LogP contribution in [0.1, 0.15) is 0 Å². The first-order chi connectivity index (χ1) is 7.18. The van der Waals surface area contributed by atoms with Gasteiger partial charge in [-0.15, -0.1) is 0 Å². The normalized spacial score (nSPS) is 10.3. The summed E-state index contributed by atoms with van der Waals surface area (Å²) in [5, 5.41) is 2.73. The van der Waals surface area contributed by atoms with E-state index in [4.69, 9.17) is 17.4 Å². The molecule has 1 heterocycles. The van der Waals surface area contributed by atoms with Crippen molar-refractivity contribution in [3.8, 4) is 11.4 Å². The van der Waals surface area contributed by atoms with Crippen molar-refractivity contribution in [3.05, 3.63) is 29.3 Å². The molecule has 4 nitrogen and oxygen atoms in total. The molecule has 0 aliphatic rings. The second-order valence-electron chi connectivity index (χ2n) is 2.99. The first-order valence-electron chi connectivity index (χ1n) is 4.25. The predicted molar refractivity (Wildman–Crippen MR) is 62.9 cm³/mol. The zero-order valence-electron chi connectivity index (χ0n) is 8.01. The first kappa shape index (κ1) is 10.4. The number of aromatic nitrogens is 2. The van der Waals surface area contributed by atoms with Gasteiger partial charge in [0, 0.05) is 24.1 Å². The fourth-order valence-corrected chi connectivity index (χ4v) is 1.89. The van der Waals surface area contributed by atoms with E-state index < -0.39 is 0 Å². The number of rotatable bonds is 2. The molecule has 0 amide bonds. The third-order valence-electron chi connectivity index (χ3n) is 1.83. The summed E-state index contributed by atoms with van der Waals surface area (Å²) in [7, 11) is 1.72. The molecule has 2 N–H and O–H groups in total. The maximum absolute atomic E-state index is 6.03. The number of anilines is 1. The van der Waals surface area contributed by atoms with Crippen molar-refractivity contribution in [2.24, 2.45) is 5.84 Å². The fourth-order valence-electron chi connectivity index (χ4n) is 1.11. The van der Waals surface area contributed by atoms with Crippen molar-refractivity contribution in [3.63, 3.8) is 0 Å². The van der Waals surface area contributed by atoms with Crippen LogP contribution in [-0.4, -0.2) is 16.4 Å². The van der Waals surface area contributed by atoms with E-state index in [9.17, 15) is 0 Å². The van der Waals surface area contributed by atoms with E-state index in [0.717, 1.165) is 5.56 Å². The summed E-state index contributed by atoms with van der Waals surface area (Å²) in [5.74, 6) is 6.16. The van der Waals surface area contributed by atoms with Crippen LogP contribution in [-0.2, 0) is 0 Å². The van der Waals surface area contributed by atoms with Gasteiger partial charge >= 0.3 is 0 Å². The van der Waals surface area contributed by atoms with Crippen molar-refractivity contribution in [1.29, 1.82) is 0 Å². The maximum Gasteiger partial charge on any atom is 0.219 e. The lowest BCUT2D eigenvalue weighted by Crippen LogP contribution is -2.24. The summed E-state index contributed by atoms with van der Waals surface area (Å²) in [6.45, 7) is 0. The SMILES string of the molecule is CN(N)c1nc(-c2ccccc2Cl)ns1. The summed E-state index contributed by atoms with van der Waals surface area (Å²) in [6.07, 6.45) is 0. The topological polar surface area (TPSA) is 55.0 Å². The third-order valence-corrected chi connectivity index (χ3v) is 2.97. The van der Waals surface area contributed by atoms with E-state index >= 15 is 0 Å². The van der Waals surface area contributed by atoms with Gasteiger partial charge in [0.25, 0.3) is 0 Å². The van der Waals surface area contributed by atoms with E-state index in [1.807, 2.05) is 24.3 Å². The molecular formula is C9H9ClN4S. The van der Waals surface area contributed by atoms with Gasteiger partial charge in [-0.2, -0.15) is 9.36 Å². The van der Waals surface area contributed by atoms with E-state index in [1.165, 1.54) is 16.5 Å². The minimum Gasteiger partial charge on any atom is -0.288 e. The second kappa shape index (κ2) is 4.14. The van der Waals surface area contributed by atoms with Gasteiger partial charge in [0.1, 0.15) is 0 Å². The molecular weight excluding hydrogens is 232 g/mol. The van der Waals surface area contributed by atoms with Crippen LogP contribution in [0.25, 0.3) is 11.4 Å². The highest BCUT2D eigenvalue weighted by molar-refractivity contribution is 7.09. The quantitative estimate of drug-likeness (QED) is 0.646. The Balaban J connectivity index is 2.42. The highest BCUT2D eigenvalue weighted by Crippen LogP contribution is 2.27. The van der Waals surface area contributed by atoms with Crippen LogP contribution in [0.15, 0.2) is 24.3 Å². The van der Waals surface area contributed by atoms with Crippen molar-refractivity contribution in [2.45, 2.75) is 0 Å². The molecule has 2 rings (SSSR count). The summed E-state index contributed by atoms with van der Waals surface area (Å²) in [5.41, 5.74) is 0.823. The Bertz CT molecular complexity index is 469. The lowest BCUT2D eigenvalue weighted by atomic mass is 10.2. The predicted octanol–water partition coefficient (Wildman–Crippen LogP) is 2.17. The van der Waals surface area contributed by atoms with Gasteiger partial charge in [0.2, 0.25) is 5.13 Å². The second-order valence-corrected chi connectivity index (χ2v) is 4.13. The summed E-state index contributed by atoms with van der Waals surface area (Å²) >= 11 is 7.27. The Morgan fingerprint density at radius 2 is 2.13 bits per heavy atom. The number of hydrogen-bond donors (Lipinski definition) is 1. The van der Waals surface area contributed by atoms with Gasteiger partial charge in [-0.3, -0.25) is 5.01 Å². The molecule has 15 heavy (non-hydrogen) atoms. The molecule has 6 heteroatoms. The molecule has 1 aromatic carbocycles. The maximum atomic E-state index is 6.03. The van der Waals surface area contributed by atoms with Crippen LogP contribution < -0.4 is 10.9 Å². The largest absolute Gasteiger partial charge is 0.288 e. The van der Waals surface area contributed by atoms with Gasteiger partial charge in [-0.1, -0.05) is 23.7 Å². The molecule has 0 aliphatic carbocycles. The third kappa shape index (κ3) is 2.09. The Labute approximate surface area is 96.4 Å². The summed E-state index contributed by atoms with van der Waals surface area (Å²) in [4.78, 5) is 4.26. The molecule has 0 aliphatic heterocycles. The lowest BCUT2D eigenvalue weighted by molar-refractivity contribution is 1.00. The van der Waals surface area contributed by atoms with Crippen molar-refractivity contribution in [1.82, 2.24) is 9.36 Å². The Kier molecular flexibility index (Phi) is 2.86. The zero-order valence-corrected chi connectivity index (χ0v) is 9.59. The number of hydrogen-bond acceptors (Lipinski definition) is 5. The number of nitrogens with two attached hydrogens (primary N) is 1. The Morgan fingerprint density at radius 1 is 1.40 bits per heavy atom. The van der Waals surface area contributed by atoms with E-state index in [0.29, 0.717) is 16.0 Å². The van der Waals surface area contributed by atoms with E-state index in [-0.39, 0.29) is 0 Å². The number of halogens is 1. The molecule has 0 spiro atoms. The van der Waals surface area contributed by atoms with Crippen molar-refractivity contribution >= 4 is 28.3 Å². The van der Waals surface area contributed by atoms with Crippen LogP contribution in [0.4, 0.5) is 5.13 Å². The standard InChI is InChI=1S/C9H9ClN4S/c1-14(11)9-12-8(13-15-9)6-4-2-3-5-7(6)10/h2-5H,11H2,1H3. The molecule has 0 radical (unpaired) electrons. The van der Waals surface area contributed by atoms with Crippen molar-refractivity contribution < 1.29 is 0 Å². The molecule has 2 aromatic rings. The van der Waals surface area contributed by atoms with Crippen molar-refractivity contribution in [2.75, 3.05) is 12.1 Å². The lowest BCUT2D eigenvalue weighted by Gasteiger charge is -2.04. The Hall–Kier alpha value is -1.17. The average Bonchev–Trinajstić information content (AvgIpc) is 2.67. The van der Waals surface area contributed by atoms with Crippen LogP contribution in [0.5, 0.6) is 0 Å². The van der Waals surface area contributed by atoms with Gasteiger partial charge in [-0.05, 0) is 12.1 Å². The van der Waals surface area contributed by atoms with Crippen LogP contribution in [0, 0.1) is 0 Å². The zero-order chi connectivity index (χ0) is 10.8. The first-order valence-corrected chi connectivity index (χ1v) is 5.40. The molecule has 0 atom stereocenters. The minimum atomic E-state index is 0.609. The molecule has 0 saturated heterocycles. The Morgan fingerprint density at radius 3 is 2.73 bits per heavy atom. The van der Waals surface area contributed by atoms with Gasteiger partial charge in [0.05, 0.1) is 5.02 Å². The van der Waals surface area contributed by atoms with Gasteiger partial charge in [0.15, 0.2) is 5.82 Å². The smallest absolute Gasteiger partial charge is 0.219 e. The van der Waals surface area contributed by atoms with E-state index in [2.05, 4.69) is 9.36 Å². The highest BCUT2D eigenvalue weighted by atomic mass is 35.5. The molecule has 1 aromatic heterocycles. The minimum absolute atomic E-state index is 0.609. The molecule has 0 saturated carbocycles. The molecule has 0 fully saturated rings. The molecule has 78 valence electrons. The molecule has 0 bridgehead atoms. The summed E-state index contributed by atoms with van der Waals surface area (Å²) in [6, 6.07) is 7.46. The van der Waals surface area contributed by atoms with Crippen LogP contribution in [0.2, 0.25) is 5.02 Å². The van der Waals surface area contributed by atoms with E-state index in [1.54, 1.807) is 7.05 Å².